The average molecular weight is 452 g/mol. The van der Waals surface area contributed by atoms with Crippen molar-refractivity contribution in [2.75, 3.05) is 5.32 Å². The SMILES string of the molecule is Cl.N[C@@H](CC(=O)Nc1ccc(Oc2cc(F)c(F)cc2Br)cc1)C(=O)O. The van der Waals surface area contributed by atoms with E-state index >= 15 is 0 Å². The molecule has 0 saturated carbocycles. The summed E-state index contributed by atoms with van der Waals surface area (Å²) in [6.45, 7) is 0. The van der Waals surface area contributed by atoms with E-state index in [0.717, 1.165) is 12.1 Å². The highest BCUT2D eigenvalue weighted by atomic mass is 79.9. The van der Waals surface area contributed by atoms with E-state index in [1.54, 1.807) is 0 Å². The number of halogens is 4. The predicted octanol–water partition coefficient (Wildman–Crippen LogP) is 3.68. The van der Waals surface area contributed by atoms with Crippen LogP contribution in [0.1, 0.15) is 6.42 Å². The van der Waals surface area contributed by atoms with Crippen molar-refractivity contribution in [3.63, 3.8) is 0 Å². The average Bonchev–Trinajstić information content (AvgIpc) is 2.54. The summed E-state index contributed by atoms with van der Waals surface area (Å²) in [4.78, 5) is 22.3. The van der Waals surface area contributed by atoms with Crippen LogP contribution >= 0.6 is 28.3 Å². The van der Waals surface area contributed by atoms with Crippen molar-refractivity contribution < 1.29 is 28.2 Å². The third-order valence-electron chi connectivity index (χ3n) is 3.06. The van der Waals surface area contributed by atoms with E-state index in [-0.39, 0.29) is 29.1 Å². The Labute approximate surface area is 161 Å². The van der Waals surface area contributed by atoms with E-state index in [9.17, 15) is 18.4 Å². The summed E-state index contributed by atoms with van der Waals surface area (Å²) < 4.78 is 32.0. The second-order valence-electron chi connectivity index (χ2n) is 5.02. The standard InChI is InChI=1S/C16H13BrF2N2O4.ClH/c17-10-5-11(18)12(19)6-14(10)25-9-3-1-8(2-4-9)21-15(22)7-13(20)16(23)24;/h1-6,13H,7,20H2,(H,21,22)(H,23,24);1H/t13-;/m0./s1. The summed E-state index contributed by atoms with van der Waals surface area (Å²) in [6, 6.07) is 6.59. The molecule has 4 N–H and O–H groups in total. The zero-order valence-corrected chi connectivity index (χ0v) is 15.4. The maximum Gasteiger partial charge on any atom is 0.321 e. The Hall–Kier alpha value is -2.23. The lowest BCUT2D eigenvalue weighted by atomic mass is 10.2. The Bertz CT molecular complexity index is 806. The highest BCUT2D eigenvalue weighted by Crippen LogP contribution is 2.32. The number of nitrogens with two attached hydrogens (primary N) is 1. The fourth-order valence-corrected chi connectivity index (χ4v) is 2.21. The summed E-state index contributed by atoms with van der Waals surface area (Å²) in [7, 11) is 0. The van der Waals surface area contributed by atoms with Crippen LogP contribution in [0.2, 0.25) is 0 Å². The minimum Gasteiger partial charge on any atom is -0.480 e. The molecule has 0 radical (unpaired) electrons. The molecule has 140 valence electrons. The van der Waals surface area contributed by atoms with Crippen LogP contribution in [0, 0.1) is 11.6 Å². The minimum atomic E-state index is -1.28. The van der Waals surface area contributed by atoms with Crippen LogP contribution in [-0.4, -0.2) is 23.0 Å². The molecule has 0 unspecified atom stereocenters. The predicted molar refractivity (Wildman–Crippen MR) is 96.7 cm³/mol. The normalized spacial score (nSPS) is 11.2. The molecule has 0 aromatic heterocycles. The summed E-state index contributed by atoms with van der Waals surface area (Å²) in [5.41, 5.74) is 5.68. The number of hydrogen-bond donors (Lipinski definition) is 3. The summed E-state index contributed by atoms with van der Waals surface area (Å²) in [6.07, 6.45) is -0.366. The number of carboxylic acid groups (broad SMARTS) is 1. The molecule has 0 fully saturated rings. The lowest BCUT2D eigenvalue weighted by molar-refractivity contribution is -0.140. The first-order valence-electron chi connectivity index (χ1n) is 6.97. The molecule has 1 amide bonds. The van der Waals surface area contributed by atoms with Gasteiger partial charge in [-0.25, -0.2) is 8.78 Å². The van der Waals surface area contributed by atoms with Crippen molar-refractivity contribution in [1.29, 1.82) is 0 Å². The van der Waals surface area contributed by atoms with E-state index in [4.69, 9.17) is 15.6 Å². The molecule has 2 aromatic rings. The molecule has 26 heavy (non-hydrogen) atoms. The Balaban J connectivity index is 0.00000338. The molecule has 0 spiro atoms. The third kappa shape index (κ3) is 5.94. The highest BCUT2D eigenvalue weighted by molar-refractivity contribution is 9.10. The number of carbonyl (C=O) groups excluding carboxylic acids is 1. The lowest BCUT2D eigenvalue weighted by Gasteiger charge is -2.10. The summed E-state index contributed by atoms with van der Waals surface area (Å²) in [5.74, 6) is -3.45. The maximum atomic E-state index is 13.3. The number of ether oxygens (including phenoxy) is 1. The van der Waals surface area contributed by atoms with Crippen LogP contribution in [-0.2, 0) is 9.59 Å². The van der Waals surface area contributed by atoms with Gasteiger partial charge in [0, 0.05) is 11.8 Å². The zero-order valence-electron chi connectivity index (χ0n) is 13.0. The number of aliphatic carboxylic acids is 1. The molecule has 0 aliphatic heterocycles. The second-order valence-corrected chi connectivity index (χ2v) is 5.87. The van der Waals surface area contributed by atoms with Crippen molar-refractivity contribution >= 4 is 45.9 Å². The number of amides is 1. The molecular weight excluding hydrogens is 438 g/mol. The number of anilines is 1. The molecule has 6 nitrogen and oxygen atoms in total. The monoisotopic (exact) mass is 450 g/mol. The van der Waals surface area contributed by atoms with Crippen molar-refractivity contribution in [3.05, 3.63) is 52.5 Å². The van der Waals surface area contributed by atoms with E-state index in [0.29, 0.717) is 11.4 Å². The van der Waals surface area contributed by atoms with Gasteiger partial charge < -0.3 is 20.9 Å². The molecule has 0 bridgehead atoms. The van der Waals surface area contributed by atoms with Gasteiger partial charge in [0.05, 0.1) is 10.9 Å². The van der Waals surface area contributed by atoms with Gasteiger partial charge in [0.1, 0.15) is 17.5 Å². The van der Waals surface area contributed by atoms with E-state index in [1.165, 1.54) is 24.3 Å². The number of carbonyl (C=O) groups is 2. The third-order valence-corrected chi connectivity index (χ3v) is 3.68. The summed E-state index contributed by atoms with van der Waals surface area (Å²) >= 11 is 3.07. The first-order valence-corrected chi connectivity index (χ1v) is 7.76. The Kier molecular flexibility index (Phi) is 7.94. The van der Waals surface area contributed by atoms with Crippen molar-refractivity contribution in [3.8, 4) is 11.5 Å². The molecule has 1 atom stereocenters. The van der Waals surface area contributed by atoms with Gasteiger partial charge in [-0.15, -0.1) is 12.4 Å². The zero-order chi connectivity index (χ0) is 18.6. The minimum absolute atomic E-state index is 0. The molecule has 0 saturated heterocycles. The molecule has 2 aromatic carbocycles. The first-order chi connectivity index (χ1) is 11.8. The van der Waals surface area contributed by atoms with Crippen LogP contribution in [0.3, 0.4) is 0 Å². The number of benzene rings is 2. The number of rotatable bonds is 6. The lowest BCUT2D eigenvalue weighted by Crippen LogP contribution is -2.34. The van der Waals surface area contributed by atoms with Crippen LogP contribution in [0.5, 0.6) is 11.5 Å². The van der Waals surface area contributed by atoms with Gasteiger partial charge >= 0.3 is 5.97 Å². The van der Waals surface area contributed by atoms with E-state index in [2.05, 4.69) is 21.2 Å². The van der Waals surface area contributed by atoms with Crippen LogP contribution in [0.4, 0.5) is 14.5 Å². The number of hydrogen-bond acceptors (Lipinski definition) is 4. The Morgan fingerprint density at radius 2 is 1.77 bits per heavy atom. The summed E-state index contributed by atoms with van der Waals surface area (Å²) in [5, 5.41) is 11.1. The van der Waals surface area contributed by atoms with Crippen LogP contribution in [0.15, 0.2) is 40.9 Å². The maximum absolute atomic E-state index is 13.3. The van der Waals surface area contributed by atoms with Gasteiger partial charge in [0.15, 0.2) is 11.6 Å². The molecule has 0 aliphatic carbocycles. The molecule has 0 aliphatic rings. The number of carboxylic acids is 1. The smallest absolute Gasteiger partial charge is 0.321 e. The van der Waals surface area contributed by atoms with Gasteiger partial charge in [-0.1, -0.05) is 0 Å². The van der Waals surface area contributed by atoms with Gasteiger partial charge in [0.25, 0.3) is 0 Å². The molecule has 0 heterocycles. The van der Waals surface area contributed by atoms with Crippen LogP contribution in [0.25, 0.3) is 0 Å². The first kappa shape index (κ1) is 21.8. The van der Waals surface area contributed by atoms with Crippen molar-refractivity contribution in [2.24, 2.45) is 5.73 Å². The van der Waals surface area contributed by atoms with E-state index < -0.39 is 29.6 Å². The second kappa shape index (κ2) is 9.46. The van der Waals surface area contributed by atoms with E-state index in [1.807, 2.05) is 0 Å². The molecular formula is C16H14BrClF2N2O4. The fourth-order valence-electron chi connectivity index (χ4n) is 1.81. The largest absolute Gasteiger partial charge is 0.480 e. The Morgan fingerprint density at radius 1 is 1.19 bits per heavy atom. The van der Waals surface area contributed by atoms with Gasteiger partial charge in [-0.2, -0.15) is 0 Å². The molecule has 2 rings (SSSR count). The van der Waals surface area contributed by atoms with Crippen molar-refractivity contribution in [1.82, 2.24) is 0 Å². The number of nitrogens with one attached hydrogen (secondary N) is 1. The quantitative estimate of drug-likeness (QED) is 0.582. The van der Waals surface area contributed by atoms with Crippen LogP contribution < -0.4 is 15.8 Å². The molecule has 10 heteroatoms. The van der Waals surface area contributed by atoms with Gasteiger partial charge in [-0.05, 0) is 46.3 Å². The fraction of sp³-hybridized carbons (Fsp3) is 0.125. The topological polar surface area (TPSA) is 102 Å². The van der Waals surface area contributed by atoms with Crippen molar-refractivity contribution in [2.45, 2.75) is 12.5 Å². The highest BCUT2D eigenvalue weighted by Gasteiger charge is 2.16. The van der Waals surface area contributed by atoms with Gasteiger partial charge in [-0.3, -0.25) is 9.59 Å². The van der Waals surface area contributed by atoms with Gasteiger partial charge in [0.2, 0.25) is 5.91 Å². The Morgan fingerprint density at radius 3 is 2.35 bits per heavy atom.